The van der Waals surface area contributed by atoms with Gasteiger partial charge in [0, 0.05) is 18.6 Å². The topological polar surface area (TPSA) is 137 Å². The first kappa shape index (κ1) is 21.7. The molecule has 0 fully saturated rings. The summed E-state index contributed by atoms with van der Waals surface area (Å²) < 4.78 is 5.24. The summed E-state index contributed by atoms with van der Waals surface area (Å²) in [5.74, 6) is -0.577. The minimum Gasteiger partial charge on any atom is -0.444 e. The summed E-state index contributed by atoms with van der Waals surface area (Å²) in [4.78, 5) is 35.4. The molecular formula is C20H24N4O5. The summed E-state index contributed by atoms with van der Waals surface area (Å²) in [6.07, 6.45) is -0.554. The van der Waals surface area contributed by atoms with Crippen molar-refractivity contribution < 1.29 is 19.2 Å². The van der Waals surface area contributed by atoms with Crippen LogP contribution < -0.4 is 16.4 Å². The van der Waals surface area contributed by atoms with Gasteiger partial charge in [0.05, 0.1) is 16.3 Å². The second kappa shape index (κ2) is 9.05. The molecule has 0 radical (unpaired) electrons. The first-order chi connectivity index (χ1) is 13.5. The number of anilines is 2. The molecule has 1 atom stereocenters. The number of carbonyl (C=O) groups excluding carboxylic acids is 2. The maximum absolute atomic E-state index is 12.8. The van der Waals surface area contributed by atoms with Crippen molar-refractivity contribution >= 4 is 29.1 Å². The van der Waals surface area contributed by atoms with Crippen molar-refractivity contribution in [3.63, 3.8) is 0 Å². The van der Waals surface area contributed by atoms with Gasteiger partial charge in [0.2, 0.25) is 5.91 Å². The van der Waals surface area contributed by atoms with E-state index in [-0.39, 0.29) is 23.5 Å². The molecule has 0 aliphatic carbocycles. The Morgan fingerprint density at radius 3 is 2.41 bits per heavy atom. The van der Waals surface area contributed by atoms with Crippen LogP contribution in [0.15, 0.2) is 48.5 Å². The lowest BCUT2D eigenvalue weighted by molar-refractivity contribution is -0.384. The van der Waals surface area contributed by atoms with Gasteiger partial charge in [0.1, 0.15) is 11.6 Å². The molecule has 0 saturated heterocycles. The van der Waals surface area contributed by atoms with Crippen LogP contribution in [0.25, 0.3) is 0 Å². The van der Waals surface area contributed by atoms with Gasteiger partial charge in [-0.25, -0.2) is 4.79 Å². The third-order valence-corrected chi connectivity index (χ3v) is 3.80. The quantitative estimate of drug-likeness (QED) is 0.387. The van der Waals surface area contributed by atoms with E-state index < -0.39 is 28.6 Å². The summed E-state index contributed by atoms with van der Waals surface area (Å²) in [5.41, 5.74) is 5.95. The highest BCUT2D eigenvalue weighted by molar-refractivity contribution is 5.99. The molecule has 9 heteroatoms. The molecule has 2 aromatic rings. The monoisotopic (exact) mass is 400 g/mol. The van der Waals surface area contributed by atoms with Gasteiger partial charge < -0.3 is 21.1 Å². The van der Waals surface area contributed by atoms with Crippen molar-refractivity contribution in [1.29, 1.82) is 0 Å². The number of non-ortho nitro benzene ring substituents is 1. The number of nitrogens with one attached hydrogen (secondary N) is 2. The molecular weight excluding hydrogens is 376 g/mol. The van der Waals surface area contributed by atoms with Crippen molar-refractivity contribution in [2.24, 2.45) is 0 Å². The van der Waals surface area contributed by atoms with E-state index in [2.05, 4.69) is 10.6 Å². The molecule has 29 heavy (non-hydrogen) atoms. The zero-order valence-electron chi connectivity index (χ0n) is 16.5. The Bertz CT molecular complexity index is 893. The Kier molecular flexibility index (Phi) is 6.76. The SMILES string of the molecule is CC(C)(C)OC(=O)N[C@H](Cc1ccccc1)C(=O)Nc1cc([N+](=O)[O-])ccc1N. The van der Waals surface area contributed by atoms with Crippen molar-refractivity contribution in [3.8, 4) is 0 Å². The molecule has 0 unspecified atom stereocenters. The highest BCUT2D eigenvalue weighted by Crippen LogP contribution is 2.24. The van der Waals surface area contributed by atoms with Gasteiger partial charge in [-0.05, 0) is 32.4 Å². The minimum atomic E-state index is -0.981. The van der Waals surface area contributed by atoms with Gasteiger partial charge in [0.15, 0.2) is 0 Å². The highest BCUT2D eigenvalue weighted by Gasteiger charge is 2.25. The van der Waals surface area contributed by atoms with Crippen LogP contribution in [0.5, 0.6) is 0 Å². The molecule has 154 valence electrons. The Balaban J connectivity index is 2.23. The van der Waals surface area contributed by atoms with Crippen LogP contribution in [-0.4, -0.2) is 28.6 Å². The van der Waals surface area contributed by atoms with Gasteiger partial charge in [-0.15, -0.1) is 0 Å². The van der Waals surface area contributed by atoms with Gasteiger partial charge in [-0.3, -0.25) is 14.9 Å². The van der Waals surface area contributed by atoms with E-state index in [0.29, 0.717) is 0 Å². The van der Waals surface area contributed by atoms with E-state index in [0.717, 1.165) is 5.56 Å². The lowest BCUT2D eigenvalue weighted by Gasteiger charge is -2.23. The molecule has 2 rings (SSSR count). The average Bonchev–Trinajstić information content (AvgIpc) is 2.62. The van der Waals surface area contributed by atoms with E-state index in [1.54, 1.807) is 20.8 Å². The van der Waals surface area contributed by atoms with Crippen LogP contribution in [-0.2, 0) is 16.0 Å². The molecule has 0 aromatic heterocycles. The van der Waals surface area contributed by atoms with Crippen molar-refractivity contribution in [3.05, 3.63) is 64.2 Å². The first-order valence-corrected chi connectivity index (χ1v) is 8.93. The minimum absolute atomic E-state index is 0.0910. The normalized spacial score (nSPS) is 12.0. The molecule has 0 saturated carbocycles. The number of benzene rings is 2. The summed E-state index contributed by atoms with van der Waals surface area (Å²) in [5, 5.41) is 16.1. The van der Waals surface area contributed by atoms with Gasteiger partial charge in [-0.2, -0.15) is 0 Å². The van der Waals surface area contributed by atoms with Crippen molar-refractivity contribution in [2.45, 2.75) is 38.8 Å². The Labute approximate surface area is 168 Å². The third-order valence-electron chi connectivity index (χ3n) is 3.80. The second-order valence-electron chi connectivity index (χ2n) is 7.41. The van der Waals surface area contributed by atoms with Crippen LogP contribution in [0.1, 0.15) is 26.3 Å². The maximum Gasteiger partial charge on any atom is 0.408 e. The Morgan fingerprint density at radius 1 is 1.17 bits per heavy atom. The lowest BCUT2D eigenvalue weighted by atomic mass is 10.1. The second-order valence-corrected chi connectivity index (χ2v) is 7.41. The van der Waals surface area contributed by atoms with E-state index >= 15 is 0 Å². The molecule has 0 bridgehead atoms. The number of ether oxygens (including phenoxy) is 1. The third kappa shape index (κ3) is 6.80. The first-order valence-electron chi connectivity index (χ1n) is 8.93. The lowest BCUT2D eigenvalue weighted by Crippen LogP contribution is -2.47. The number of hydrogen-bond acceptors (Lipinski definition) is 6. The Hall–Kier alpha value is -3.62. The predicted octanol–water partition coefficient (Wildman–Crippen LogP) is 3.25. The van der Waals surface area contributed by atoms with Crippen molar-refractivity contribution in [1.82, 2.24) is 5.32 Å². The summed E-state index contributed by atoms with van der Waals surface area (Å²) in [6, 6.07) is 11.9. The molecule has 4 N–H and O–H groups in total. The van der Waals surface area contributed by atoms with E-state index in [1.807, 2.05) is 30.3 Å². The number of nitrogen functional groups attached to an aromatic ring is 1. The van der Waals surface area contributed by atoms with Gasteiger partial charge >= 0.3 is 6.09 Å². The number of nitro groups is 1. The van der Waals surface area contributed by atoms with Crippen LogP contribution >= 0.6 is 0 Å². The average molecular weight is 400 g/mol. The molecule has 0 aliphatic heterocycles. The van der Waals surface area contributed by atoms with Crippen molar-refractivity contribution in [2.75, 3.05) is 11.1 Å². The fraction of sp³-hybridized carbons (Fsp3) is 0.300. The van der Waals surface area contributed by atoms with Crippen LogP contribution in [0.4, 0.5) is 21.9 Å². The van der Waals surface area contributed by atoms with Gasteiger partial charge in [0.25, 0.3) is 5.69 Å². The van der Waals surface area contributed by atoms with E-state index in [1.165, 1.54) is 18.2 Å². The molecule has 0 heterocycles. The molecule has 9 nitrogen and oxygen atoms in total. The standard InChI is InChI=1S/C20H24N4O5/c1-20(2,3)29-19(26)23-17(11-13-7-5-4-6-8-13)18(25)22-16-12-14(24(27)28)9-10-15(16)21/h4-10,12,17H,11,21H2,1-3H3,(H,22,25)(H,23,26)/t17-/m1/s1. The van der Waals surface area contributed by atoms with E-state index in [4.69, 9.17) is 10.5 Å². The van der Waals surface area contributed by atoms with E-state index in [9.17, 15) is 19.7 Å². The fourth-order valence-corrected chi connectivity index (χ4v) is 2.49. The molecule has 0 aliphatic rings. The largest absolute Gasteiger partial charge is 0.444 e. The predicted molar refractivity (Wildman–Crippen MR) is 109 cm³/mol. The molecule has 0 spiro atoms. The zero-order valence-corrected chi connectivity index (χ0v) is 16.5. The number of hydrogen-bond donors (Lipinski definition) is 3. The van der Waals surface area contributed by atoms with Crippen LogP contribution in [0.2, 0.25) is 0 Å². The maximum atomic E-state index is 12.8. The number of nitrogens with zero attached hydrogens (tertiary/aromatic N) is 1. The number of nitrogens with two attached hydrogens (primary N) is 1. The Morgan fingerprint density at radius 2 is 1.83 bits per heavy atom. The van der Waals surface area contributed by atoms with Crippen LogP contribution in [0, 0.1) is 10.1 Å². The summed E-state index contributed by atoms with van der Waals surface area (Å²) in [7, 11) is 0. The number of carbonyl (C=O) groups is 2. The summed E-state index contributed by atoms with van der Waals surface area (Å²) in [6.45, 7) is 5.13. The van der Waals surface area contributed by atoms with Gasteiger partial charge in [-0.1, -0.05) is 30.3 Å². The molecule has 2 amide bonds. The summed E-state index contributed by atoms with van der Waals surface area (Å²) >= 11 is 0. The fourth-order valence-electron chi connectivity index (χ4n) is 2.49. The number of amides is 2. The zero-order chi connectivity index (χ0) is 21.6. The highest BCUT2D eigenvalue weighted by atomic mass is 16.6. The number of nitro benzene ring substituents is 1. The smallest absolute Gasteiger partial charge is 0.408 e. The number of rotatable bonds is 6. The number of alkyl carbamates (subject to hydrolysis) is 1. The van der Waals surface area contributed by atoms with Crippen LogP contribution in [0.3, 0.4) is 0 Å². The molecule has 2 aromatic carbocycles.